The Morgan fingerprint density at radius 1 is 1.19 bits per heavy atom. The highest BCUT2D eigenvalue weighted by molar-refractivity contribution is 9.10. The zero-order valence-corrected chi connectivity index (χ0v) is 16.4. The van der Waals surface area contributed by atoms with Gasteiger partial charge < -0.3 is 4.42 Å². The van der Waals surface area contributed by atoms with Crippen molar-refractivity contribution in [2.45, 2.75) is 13.3 Å². The Labute approximate surface area is 163 Å². The molecule has 0 saturated heterocycles. The largest absolute Gasteiger partial charge is 0.451 e. The molecule has 6 heteroatoms. The van der Waals surface area contributed by atoms with Gasteiger partial charge in [-0.3, -0.25) is 10.1 Å². The van der Waals surface area contributed by atoms with E-state index in [4.69, 9.17) is 4.42 Å². The van der Waals surface area contributed by atoms with E-state index in [1.165, 1.54) is 16.9 Å². The first kappa shape index (κ1) is 17.0. The van der Waals surface area contributed by atoms with Crippen molar-refractivity contribution < 1.29 is 9.21 Å². The summed E-state index contributed by atoms with van der Waals surface area (Å²) >= 11 is 4.98. The Morgan fingerprint density at radius 2 is 2.04 bits per heavy atom. The first-order valence-corrected chi connectivity index (χ1v) is 9.70. The van der Waals surface area contributed by atoms with Gasteiger partial charge in [-0.2, -0.15) is 0 Å². The smallest absolute Gasteiger partial charge is 0.293 e. The molecule has 2 aromatic heterocycles. The van der Waals surface area contributed by atoms with Crippen LogP contribution in [-0.2, 0) is 6.42 Å². The number of rotatable bonds is 4. The summed E-state index contributed by atoms with van der Waals surface area (Å²) < 4.78 is 6.66. The highest BCUT2D eigenvalue weighted by atomic mass is 79.9. The molecule has 0 aliphatic heterocycles. The number of carbonyl (C=O) groups excluding carboxylic acids is 1. The summed E-state index contributed by atoms with van der Waals surface area (Å²) in [6, 6.07) is 17.5. The van der Waals surface area contributed by atoms with Crippen LogP contribution in [0.5, 0.6) is 0 Å². The molecule has 1 N–H and O–H groups in total. The predicted molar refractivity (Wildman–Crippen MR) is 108 cm³/mol. The zero-order chi connectivity index (χ0) is 18.1. The number of aromatic nitrogens is 1. The Balaban J connectivity index is 1.52. The molecule has 0 bridgehead atoms. The molecule has 0 unspecified atom stereocenters. The summed E-state index contributed by atoms with van der Waals surface area (Å²) in [5, 5.41) is 4.33. The Hall–Kier alpha value is -2.44. The Morgan fingerprint density at radius 3 is 2.85 bits per heavy atom. The van der Waals surface area contributed by atoms with Gasteiger partial charge in [0.2, 0.25) is 0 Å². The molecule has 1 amide bonds. The van der Waals surface area contributed by atoms with E-state index in [-0.39, 0.29) is 11.7 Å². The van der Waals surface area contributed by atoms with Crippen LogP contribution in [0.4, 0.5) is 5.13 Å². The van der Waals surface area contributed by atoms with E-state index in [1.807, 2.05) is 43.3 Å². The summed E-state index contributed by atoms with van der Waals surface area (Å²) in [4.78, 5) is 18.1. The van der Waals surface area contributed by atoms with Gasteiger partial charge in [0.1, 0.15) is 5.58 Å². The summed E-state index contributed by atoms with van der Waals surface area (Å²) in [5.41, 5.74) is 2.82. The zero-order valence-electron chi connectivity index (χ0n) is 14.0. The third kappa shape index (κ3) is 3.57. The van der Waals surface area contributed by atoms with Gasteiger partial charge in [-0.25, -0.2) is 4.98 Å². The number of benzene rings is 2. The molecule has 2 aromatic carbocycles. The van der Waals surface area contributed by atoms with Crippen LogP contribution in [-0.4, -0.2) is 10.9 Å². The third-order valence-corrected chi connectivity index (χ3v) is 5.58. The fraction of sp³-hybridized carbons (Fsp3) is 0.100. The molecule has 0 radical (unpaired) electrons. The van der Waals surface area contributed by atoms with Crippen molar-refractivity contribution >= 4 is 49.3 Å². The SMILES string of the molecule is Cc1nc(NC(=O)c2cc3ccccc3o2)sc1Cc1cccc(Br)c1. The molecule has 0 saturated carbocycles. The Kier molecular flexibility index (Phi) is 4.61. The maximum atomic E-state index is 12.5. The first-order chi connectivity index (χ1) is 12.6. The molecule has 130 valence electrons. The van der Waals surface area contributed by atoms with Crippen molar-refractivity contribution in [3.63, 3.8) is 0 Å². The summed E-state index contributed by atoms with van der Waals surface area (Å²) in [6.45, 7) is 1.96. The van der Waals surface area contributed by atoms with E-state index >= 15 is 0 Å². The van der Waals surface area contributed by atoms with Crippen LogP contribution >= 0.6 is 27.3 Å². The normalized spacial score (nSPS) is 11.0. The molecule has 4 nitrogen and oxygen atoms in total. The van der Waals surface area contributed by atoms with Crippen LogP contribution in [0.3, 0.4) is 0 Å². The minimum Gasteiger partial charge on any atom is -0.451 e. The number of anilines is 1. The monoisotopic (exact) mass is 426 g/mol. The second-order valence-corrected chi connectivity index (χ2v) is 7.94. The maximum Gasteiger partial charge on any atom is 0.293 e. The van der Waals surface area contributed by atoms with Crippen molar-refractivity contribution in [3.05, 3.63) is 81.0 Å². The van der Waals surface area contributed by atoms with E-state index in [0.29, 0.717) is 10.7 Å². The van der Waals surface area contributed by atoms with Crippen molar-refractivity contribution in [1.29, 1.82) is 0 Å². The van der Waals surface area contributed by atoms with Crippen molar-refractivity contribution in [2.75, 3.05) is 5.32 Å². The molecule has 4 rings (SSSR count). The van der Waals surface area contributed by atoms with E-state index in [1.54, 1.807) is 6.07 Å². The van der Waals surface area contributed by atoms with Gasteiger partial charge in [-0.1, -0.05) is 46.3 Å². The number of hydrogen-bond donors (Lipinski definition) is 1. The molecule has 26 heavy (non-hydrogen) atoms. The number of carbonyl (C=O) groups is 1. The van der Waals surface area contributed by atoms with Crippen LogP contribution < -0.4 is 5.32 Å². The summed E-state index contributed by atoms with van der Waals surface area (Å²) in [5.74, 6) is -0.00320. The van der Waals surface area contributed by atoms with E-state index in [0.717, 1.165) is 26.9 Å². The molecular weight excluding hydrogens is 412 g/mol. The second kappa shape index (κ2) is 7.05. The Bertz CT molecular complexity index is 1070. The number of amides is 1. The lowest BCUT2D eigenvalue weighted by atomic mass is 10.1. The van der Waals surface area contributed by atoms with Crippen molar-refractivity contribution in [3.8, 4) is 0 Å². The maximum absolute atomic E-state index is 12.5. The average molecular weight is 427 g/mol. The first-order valence-electron chi connectivity index (χ1n) is 8.09. The number of aryl methyl sites for hydroxylation is 1. The van der Waals surface area contributed by atoms with Crippen LogP contribution in [0.25, 0.3) is 11.0 Å². The van der Waals surface area contributed by atoms with Gasteiger partial charge in [0.05, 0.1) is 5.69 Å². The molecule has 0 spiro atoms. The summed E-state index contributed by atoms with van der Waals surface area (Å²) in [7, 11) is 0. The number of nitrogens with one attached hydrogen (secondary N) is 1. The van der Waals surface area contributed by atoms with E-state index in [9.17, 15) is 4.79 Å². The van der Waals surface area contributed by atoms with E-state index in [2.05, 4.69) is 38.4 Å². The van der Waals surface area contributed by atoms with Crippen LogP contribution in [0.2, 0.25) is 0 Å². The molecular formula is C20H15BrN2O2S. The third-order valence-electron chi connectivity index (χ3n) is 4.02. The van der Waals surface area contributed by atoms with Gasteiger partial charge in [0, 0.05) is 21.2 Å². The van der Waals surface area contributed by atoms with Gasteiger partial charge in [-0.15, -0.1) is 11.3 Å². The number of para-hydroxylation sites is 1. The number of hydrogen-bond acceptors (Lipinski definition) is 4. The van der Waals surface area contributed by atoms with Crippen LogP contribution in [0, 0.1) is 6.92 Å². The quantitative estimate of drug-likeness (QED) is 0.448. The number of fused-ring (bicyclic) bond motifs is 1. The highest BCUT2D eigenvalue weighted by Crippen LogP contribution is 2.27. The fourth-order valence-corrected chi connectivity index (χ4v) is 4.17. The lowest BCUT2D eigenvalue weighted by Crippen LogP contribution is -2.10. The molecule has 4 aromatic rings. The van der Waals surface area contributed by atoms with Gasteiger partial charge >= 0.3 is 0 Å². The average Bonchev–Trinajstić information content (AvgIpc) is 3.19. The fourth-order valence-electron chi connectivity index (χ4n) is 2.73. The predicted octanol–water partition coefficient (Wildman–Crippen LogP) is 5.80. The van der Waals surface area contributed by atoms with Crippen molar-refractivity contribution in [2.24, 2.45) is 0 Å². The lowest BCUT2D eigenvalue weighted by Gasteiger charge is -2.00. The highest BCUT2D eigenvalue weighted by Gasteiger charge is 2.15. The number of furan rings is 1. The molecule has 2 heterocycles. The van der Waals surface area contributed by atoms with Gasteiger partial charge in [-0.05, 0) is 36.8 Å². The van der Waals surface area contributed by atoms with Gasteiger partial charge in [0.15, 0.2) is 10.9 Å². The topological polar surface area (TPSA) is 55.1 Å². The molecule has 0 aliphatic carbocycles. The molecule has 0 fully saturated rings. The van der Waals surface area contributed by atoms with E-state index < -0.39 is 0 Å². The number of halogens is 1. The van der Waals surface area contributed by atoms with Crippen LogP contribution in [0.15, 0.2) is 63.5 Å². The minimum absolute atomic E-state index is 0.285. The lowest BCUT2D eigenvalue weighted by molar-refractivity contribution is 0.0998. The van der Waals surface area contributed by atoms with Crippen LogP contribution in [0.1, 0.15) is 26.7 Å². The molecule has 0 atom stereocenters. The standard InChI is InChI=1S/C20H15BrN2O2S/c1-12-18(10-13-5-4-7-15(21)9-13)26-20(22-12)23-19(24)17-11-14-6-2-3-8-16(14)25-17/h2-9,11H,10H2,1H3,(H,22,23,24). The number of nitrogens with zero attached hydrogens (tertiary/aromatic N) is 1. The molecule has 0 aliphatic rings. The van der Waals surface area contributed by atoms with Gasteiger partial charge in [0.25, 0.3) is 5.91 Å². The number of thiazole rings is 1. The second-order valence-electron chi connectivity index (χ2n) is 5.94. The van der Waals surface area contributed by atoms with Crippen molar-refractivity contribution in [1.82, 2.24) is 4.98 Å². The summed E-state index contributed by atoms with van der Waals surface area (Å²) in [6.07, 6.45) is 0.781. The minimum atomic E-state index is -0.288.